The van der Waals surface area contributed by atoms with Crippen LogP contribution >= 0.6 is 47.8 Å². The molecule has 17 heavy (non-hydrogen) atoms. The number of hydrogen-bond acceptors (Lipinski definition) is 2. The Balaban J connectivity index is 1.96. The first kappa shape index (κ1) is 13.6. The van der Waals surface area contributed by atoms with Gasteiger partial charge >= 0.3 is 0 Å². The molecular formula is C12H11Br3O2. The van der Waals surface area contributed by atoms with Crippen molar-refractivity contribution < 1.29 is 9.47 Å². The van der Waals surface area contributed by atoms with Crippen molar-refractivity contribution in [3.63, 3.8) is 0 Å². The second-order valence-electron chi connectivity index (χ2n) is 3.72. The van der Waals surface area contributed by atoms with E-state index >= 15 is 0 Å². The van der Waals surface area contributed by atoms with Crippen LogP contribution in [0.3, 0.4) is 0 Å². The van der Waals surface area contributed by atoms with Crippen LogP contribution < -0.4 is 4.74 Å². The Morgan fingerprint density at radius 2 is 1.94 bits per heavy atom. The Hall–Kier alpha value is 0.160. The summed E-state index contributed by atoms with van der Waals surface area (Å²) in [6.07, 6.45) is 3.22. The minimum atomic E-state index is 0.186. The van der Waals surface area contributed by atoms with Crippen molar-refractivity contribution in [2.45, 2.75) is 18.6 Å². The molecule has 1 aromatic rings. The Labute approximate surface area is 126 Å². The first-order valence-corrected chi connectivity index (χ1v) is 7.54. The van der Waals surface area contributed by atoms with Crippen molar-refractivity contribution in [2.24, 2.45) is 0 Å². The van der Waals surface area contributed by atoms with Crippen LogP contribution in [0.2, 0.25) is 0 Å². The molecule has 1 aromatic carbocycles. The van der Waals surface area contributed by atoms with Gasteiger partial charge in [0, 0.05) is 4.47 Å². The molecule has 0 amide bonds. The van der Waals surface area contributed by atoms with E-state index in [-0.39, 0.29) is 12.2 Å². The standard InChI is InChI=1S/C12H11Br3O2/c1-2-3-9-10(17-9)6-16-12-8(14)5-4-7(13)11(12)15/h2,4-5,9-10H,1,3,6H2. The zero-order chi connectivity index (χ0) is 12.4. The molecule has 5 heteroatoms. The lowest BCUT2D eigenvalue weighted by molar-refractivity contribution is 0.258. The van der Waals surface area contributed by atoms with Crippen molar-refractivity contribution in [3.05, 3.63) is 38.2 Å². The second-order valence-corrected chi connectivity index (χ2v) is 6.22. The van der Waals surface area contributed by atoms with Crippen LogP contribution in [0, 0.1) is 0 Å². The molecule has 0 N–H and O–H groups in total. The number of epoxide rings is 1. The van der Waals surface area contributed by atoms with Crippen molar-refractivity contribution in [2.75, 3.05) is 6.61 Å². The Bertz CT molecular complexity index is 434. The first-order chi connectivity index (χ1) is 8.13. The van der Waals surface area contributed by atoms with E-state index in [4.69, 9.17) is 9.47 Å². The molecule has 1 aliphatic heterocycles. The monoisotopic (exact) mass is 424 g/mol. The Morgan fingerprint density at radius 1 is 1.24 bits per heavy atom. The fourth-order valence-corrected chi connectivity index (χ4v) is 2.99. The summed E-state index contributed by atoms with van der Waals surface area (Å²) in [6.45, 7) is 4.25. The molecule has 1 aliphatic rings. The third kappa shape index (κ3) is 3.34. The largest absolute Gasteiger partial charge is 0.488 e. The van der Waals surface area contributed by atoms with Gasteiger partial charge in [0.15, 0.2) is 0 Å². The molecule has 92 valence electrons. The van der Waals surface area contributed by atoms with Crippen LogP contribution in [0.25, 0.3) is 0 Å². The third-order valence-corrected chi connectivity index (χ3v) is 5.09. The van der Waals surface area contributed by atoms with Gasteiger partial charge in [-0.15, -0.1) is 6.58 Å². The highest BCUT2D eigenvalue weighted by Gasteiger charge is 2.38. The Morgan fingerprint density at radius 3 is 2.65 bits per heavy atom. The van der Waals surface area contributed by atoms with Gasteiger partial charge in [0.2, 0.25) is 0 Å². The summed E-state index contributed by atoms with van der Waals surface area (Å²) >= 11 is 10.4. The van der Waals surface area contributed by atoms with Crippen LogP contribution in [-0.2, 0) is 4.74 Å². The van der Waals surface area contributed by atoms with E-state index in [2.05, 4.69) is 54.4 Å². The number of hydrogen-bond donors (Lipinski definition) is 0. The van der Waals surface area contributed by atoms with Gasteiger partial charge < -0.3 is 9.47 Å². The summed E-state index contributed by atoms with van der Waals surface area (Å²) in [5.41, 5.74) is 0. The summed E-state index contributed by atoms with van der Waals surface area (Å²) < 4.78 is 14.0. The number of rotatable bonds is 5. The molecule has 0 saturated carbocycles. The quantitative estimate of drug-likeness (QED) is 0.387. The normalized spacial score (nSPS) is 22.3. The van der Waals surface area contributed by atoms with Crippen LogP contribution in [0.1, 0.15) is 6.42 Å². The summed E-state index contributed by atoms with van der Waals surface area (Å²) in [7, 11) is 0. The molecule has 0 spiro atoms. The lowest BCUT2D eigenvalue weighted by atomic mass is 10.2. The highest BCUT2D eigenvalue weighted by molar-refractivity contribution is 9.13. The first-order valence-electron chi connectivity index (χ1n) is 5.16. The average molecular weight is 427 g/mol. The van der Waals surface area contributed by atoms with Gasteiger partial charge in [-0.2, -0.15) is 0 Å². The molecule has 0 bridgehead atoms. The minimum absolute atomic E-state index is 0.186. The molecule has 1 saturated heterocycles. The maximum atomic E-state index is 5.77. The molecule has 0 aliphatic carbocycles. The molecule has 0 radical (unpaired) electrons. The molecule has 1 fully saturated rings. The van der Waals surface area contributed by atoms with E-state index in [0.717, 1.165) is 25.6 Å². The molecule has 2 nitrogen and oxygen atoms in total. The number of benzene rings is 1. The van der Waals surface area contributed by atoms with E-state index < -0.39 is 0 Å². The molecular weight excluding hydrogens is 416 g/mol. The average Bonchev–Trinajstić information content (AvgIpc) is 3.03. The summed E-state index contributed by atoms with van der Waals surface area (Å²) in [5, 5.41) is 0. The fraction of sp³-hybridized carbons (Fsp3) is 0.333. The lowest BCUT2D eigenvalue weighted by Crippen LogP contribution is -2.08. The van der Waals surface area contributed by atoms with E-state index in [0.29, 0.717) is 6.61 Å². The van der Waals surface area contributed by atoms with Gasteiger partial charge in [-0.3, -0.25) is 0 Å². The van der Waals surface area contributed by atoms with Gasteiger partial charge in [-0.1, -0.05) is 6.08 Å². The van der Waals surface area contributed by atoms with Crippen molar-refractivity contribution in [1.82, 2.24) is 0 Å². The molecule has 2 rings (SSSR count). The fourth-order valence-electron chi connectivity index (χ4n) is 1.50. The van der Waals surface area contributed by atoms with Gasteiger partial charge in [0.1, 0.15) is 18.5 Å². The van der Waals surface area contributed by atoms with Crippen LogP contribution in [-0.4, -0.2) is 18.8 Å². The predicted molar refractivity (Wildman–Crippen MR) is 78.5 cm³/mol. The molecule has 1 heterocycles. The molecule has 2 atom stereocenters. The van der Waals surface area contributed by atoms with E-state index in [1.807, 2.05) is 18.2 Å². The smallest absolute Gasteiger partial charge is 0.148 e. The third-order valence-electron chi connectivity index (χ3n) is 2.48. The van der Waals surface area contributed by atoms with Gasteiger partial charge in [0.25, 0.3) is 0 Å². The zero-order valence-electron chi connectivity index (χ0n) is 8.96. The maximum Gasteiger partial charge on any atom is 0.148 e. The van der Waals surface area contributed by atoms with Crippen LogP contribution in [0.5, 0.6) is 5.75 Å². The topological polar surface area (TPSA) is 21.8 Å². The number of ether oxygens (including phenoxy) is 2. The predicted octanol–water partition coefficient (Wildman–Crippen LogP) is 4.70. The lowest BCUT2D eigenvalue weighted by Gasteiger charge is -2.10. The Kier molecular flexibility index (Phi) is 4.69. The molecule has 2 unspecified atom stereocenters. The van der Waals surface area contributed by atoms with Gasteiger partial charge in [-0.05, 0) is 66.3 Å². The summed E-state index contributed by atoms with van der Waals surface area (Å²) in [5.74, 6) is 0.798. The number of halogens is 3. The van der Waals surface area contributed by atoms with Gasteiger partial charge in [0.05, 0.1) is 15.0 Å². The van der Waals surface area contributed by atoms with E-state index in [1.165, 1.54) is 0 Å². The maximum absolute atomic E-state index is 5.77. The summed E-state index contributed by atoms with van der Waals surface area (Å²) in [4.78, 5) is 0. The van der Waals surface area contributed by atoms with Crippen molar-refractivity contribution in [1.29, 1.82) is 0 Å². The molecule has 0 aromatic heterocycles. The van der Waals surface area contributed by atoms with Crippen molar-refractivity contribution in [3.8, 4) is 5.75 Å². The highest BCUT2D eigenvalue weighted by Crippen LogP contribution is 2.39. The zero-order valence-corrected chi connectivity index (χ0v) is 13.7. The van der Waals surface area contributed by atoms with Crippen molar-refractivity contribution >= 4 is 47.8 Å². The van der Waals surface area contributed by atoms with E-state index in [1.54, 1.807) is 0 Å². The highest BCUT2D eigenvalue weighted by atomic mass is 79.9. The van der Waals surface area contributed by atoms with E-state index in [9.17, 15) is 0 Å². The SMILES string of the molecule is C=CCC1OC1COc1c(Br)ccc(Br)c1Br. The van der Waals surface area contributed by atoms with Crippen LogP contribution in [0.15, 0.2) is 38.2 Å². The minimum Gasteiger partial charge on any atom is -0.488 e. The summed E-state index contributed by atoms with van der Waals surface area (Å²) in [6, 6.07) is 3.90. The van der Waals surface area contributed by atoms with Gasteiger partial charge in [-0.25, -0.2) is 0 Å². The van der Waals surface area contributed by atoms with Crippen LogP contribution in [0.4, 0.5) is 0 Å². The second kappa shape index (κ2) is 5.87.